The van der Waals surface area contributed by atoms with Gasteiger partial charge in [0, 0.05) is 29.5 Å². The SMILES string of the molecule is C=CC.CC.Cc1cnn(C(Cc2ccc(Cl)cc2)C(C)NC(=O)C(C)(C)Oc2ccc(C(F)(F)F)cn2)c1. The standard InChI is InChI=1S/C24H26ClF3N4O2.C3H6.C2H6/c1-15-12-30-32(14-15)20(11-17-5-8-19(25)9-6-17)16(2)31-22(33)23(3,4)34-21-10-7-18(13-29-21)24(26,27)28;1-3-2;1-2/h5-10,12-14,16,20H,11H2,1-4H3,(H,31,33);3H,1H2,2H3;1-2H3. The average Bonchev–Trinajstić information content (AvgIpc) is 3.30. The summed E-state index contributed by atoms with van der Waals surface area (Å²) in [5, 5.41) is 8.01. The fourth-order valence-corrected chi connectivity index (χ4v) is 3.49. The molecule has 0 spiro atoms. The van der Waals surface area contributed by atoms with Crippen LogP contribution in [0.1, 0.15) is 64.3 Å². The summed E-state index contributed by atoms with van der Waals surface area (Å²) in [4.78, 5) is 16.7. The third-order valence-electron chi connectivity index (χ3n) is 5.33. The maximum absolute atomic E-state index is 13.1. The second-order valence-electron chi connectivity index (χ2n) is 9.06. The van der Waals surface area contributed by atoms with Crippen LogP contribution < -0.4 is 10.1 Å². The molecule has 0 saturated carbocycles. The molecule has 0 fully saturated rings. The minimum atomic E-state index is -4.50. The van der Waals surface area contributed by atoms with Gasteiger partial charge in [-0.05, 0) is 70.4 Å². The van der Waals surface area contributed by atoms with Gasteiger partial charge in [-0.3, -0.25) is 9.48 Å². The van der Waals surface area contributed by atoms with Crippen LogP contribution in [0.25, 0.3) is 0 Å². The molecule has 1 amide bonds. The number of amides is 1. The molecule has 0 aliphatic rings. The van der Waals surface area contributed by atoms with Crippen molar-refractivity contribution in [2.75, 3.05) is 0 Å². The Morgan fingerprint density at radius 3 is 2.21 bits per heavy atom. The summed E-state index contributed by atoms with van der Waals surface area (Å²) in [6.45, 7) is 16.1. The number of carbonyl (C=O) groups is 1. The smallest absolute Gasteiger partial charge is 0.417 e. The number of alkyl halides is 3. The van der Waals surface area contributed by atoms with Crippen LogP contribution in [0.3, 0.4) is 0 Å². The number of aromatic nitrogens is 3. The Morgan fingerprint density at radius 2 is 1.74 bits per heavy atom. The molecule has 10 heteroatoms. The normalized spacial score (nSPS) is 12.6. The molecule has 2 atom stereocenters. The second kappa shape index (κ2) is 15.3. The van der Waals surface area contributed by atoms with Crippen molar-refractivity contribution < 1.29 is 22.7 Å². The van der Waals surface area contributed by atoms with Crippen LogP contribution in [-0.4, -0.2) is 32.3 Å². The number of benzene rings is 1. The van der Waals surface area contributed by atoms with Crippen LogP contribution in [0.4, 0.5) is 13.2 Å². The Labute approximate surface area is 234 Å². The lowest BCUT2D eigenvalue weighted by Gasteiger charge is -2.30. The first-order valence-electron chi connectivity index (χ1n) is 12.6. The summed E-state index contributed by atoms with van der Waals surface area (Å²) in [6.07, 6.45) is 2.15. The van der Waals surface area contributed by atoms with Crippen molar-refractivity contribution >= 4 is 17.5 Å². The first-order valence-corrected chi connectivity index (χ1v) is 13.0. The van der Waals surface area contributed by atoms with Crippen LogP contribution in [0.2, 0.25) is 5.02 Å². The Bertz CT molecular complexity index is 1160. The first-order chi connectivity index (χ1) is 18.3. The molecular formula is C29H38ClF3N4O2. The summed E-state index contributed by atoms with van der Waals surface area (Å²) >= 11 is 6.00. The molecule has 214 valence electrons. The highest BCUT2D eigenvalue weighted by Gasteiger charge is 2.35. The topological polar surface area (TPSA) is 69.0 Å². The number of hydrogen-bond donors (Lipinski definition) is 1. The molecule has 1 N–H and O–H groups in total. The van der Waals surface area contributed by atoms with Gasteiger partial charge in [0.15, 0.2) is 5.60 Å². The summed E-state index contributed by atoms with van der Waals surface area (Å²) in [6, 6.07) is 8.84. The highest BCUT2D eigenvalue weighted by atomic mass is 35.5. The van der Waals surface area contributed by atoms with E-state index in [1.165, 1.54) is 13.8 Å². The summed E-state index contributed by atoms with van der Waals surface area (Å²) in [5.41, 5.74) is -0.272. The first kappa shape index (κ1) is 33.7. The number of rotatable bonds is 8. The second-order valence-corrected chi connectivity index (χ2v) is 9.50. The number of pyridine rings is 1. The van der Waals surface area contributed by atoms with Gasteiger partial charge in [-0.15, -0.1) is 6.58 Å². The third kappa shape index (κ3) is 10.8. The monoisotopic (exact) mass is 566 g/mol. The Balaban J connectivity index is 0.00000142. The van der Waals surface area contributed by atoms with Crippen LogP contribution in [0, 0.1) is 6.92 Å². The number of carbonyl (C=O) groups excluding carboxylic acids is 1. The fourth-order valence-electron chi connectivity index (χ4n) is 3.37. The van der Waals surface area contributed by atoms with Crippen molar-refractivity contribution in [1.29, 1.82) is 0 Å². The minimum absolute atomic E-state index is 0.0822. The molecule has 2 aromatic heterocycles. The molecule has 0 saturated heterocycles. The molecule has 6 nitrogen and oxygen atoms in total. The molecule has 3 rings (SSSR count). The van der Waals surface area contributed by atoms with E-state index < -0.39 is 23.2 Å². The van der Waals surface area contributed by atoms with Gasteiger partial charge < -0.3 is 10.1 Å². The highest BCUT2D eigenvalue weighted by molar-refractivity contribution is 6.30. The predicted octanol–water partition coefficient (Wildman–Crippen LogP) is 7.62. The van der Waals surface area contributed by atoms with Crippen molar-refractivity contribution in [2.45, 2.75) is 78.7 Å². The van der Waals surface area contributed by atoms with Crippen LogP contribution in [0.15, 0.2) is 67.6 Å². The predicted molar refractivity (Wildman–Crippen MR) is 150 cm³/mol. The maximum atomic E-state index is 13.1. The lowest BCUT2D eigenvalue weighted by atomic mass is 9.99. The van der Waals surface area contributed by atoms with E-state index in [2.05, 4.69) is 22.0 Å². The van der Waals surface area contributed by atoms with Gasteiger partial charge in [0.2, 0.25) is 5.88 Å². The van der Waals surface area contributed by atoms with Gasteiger partial charge in [0.05, 0.1) is 17.8 Å². The van der Waals surface area contributed by atoms with Crippen LogP contribution in [-0.2, 0) is 17.4 Å². The van der Waals surface area contributed by atoms with E-state index in [-0.39, 0.29) is 18.0 Å². The van der Waals surface area contributed by atoms with Gasteiger partial charge in [-0.25, -0.2) is 4.98 Å². The fraction of sp³-hybridized carbons (Fsp3) is 0.414. The van der Waals surface area contributed by atoms with E-state index in [1.54, 1.807) is 29.1 Å². The molecule has 2 heterocycles. The van der Waals surface area contributed by atoms with E-state index in [4.69, 9.17) is 16.3 Å². The largest absolute Gasteiger partial charge is 0.462 e. The summed E-state index contributed by atoms with van der Waals surface area (Å²) < 4.78 is 45.7. The highest BCUT2D eigenvalue weighted by Crippen LogP contribution is 2.30. The lowest BCUT2D eigenvalue weighted by molar-refractivity contribution is -0.138. The average molecular weight is 567 g/mol. The molecule has 39 heavy (non-hydrogen) atoms. The molecule has 0 aliphatic heterocycles. The molecule has 2 unspecified atom stereocenters. The lowest BCUT2D eigenvalue weighted by Crippen LogP contribution is -2.51. The minimum Gasteiger partial charge on any atom is -0.462 e. The number of ether oxygens (including phenoxy) is 1. The van der Waals surface area contributed by atoms with Crippen LogP contribution >= 0.6 is 11.6 Å². The molecule has 3 aromatic rings. The Morgan fingerprint density at radius 1 is 1.15 bits per heavy atom. The molecule has 0 bridgehead atoms. The van der Waals surface area contributed by atoms with Crippen LogP contribution in [0.5, 0.6) is 5.88 Å². The van der Waals surface area contributed by atoms with E-state index in [0.717, 1.165) is 23.3 Å². The number of nitrogens with one attached hydrogen (secondary N) is 1. The number of aryl methyl sites for hydroxylation is 1. The number of hydrogen-bond acceptors (Lipinski definition) is 4. The van der Waals surface area contributed by atoms with Gasteiger partial charge in [-0.1, -0.05) is 43.7 Å². The maximum Gasteiger partial charge on any atom is 0.417 e. The van der Waals surface area contributed by atoms with Gasteiger partial charge in [0.25, 0.3) is 5.91 Å². The quantitative estimate of drug-likeness (QED) is 0.285. The van der Waals surface area contributed by atoms with E-state index >= 15 is 0 Å². The zero-order chi connectivity index (χ0) is 29.8. The van der Waals surface area contributed by atoms with E-state index in [1.807, 2.05) is 52.9 Å². The van der Waals surface area contributed by atoms with Crippen molar-refractivity contribution in [3.63, 3.8) is 0 Å². The van der Waals surface area contributed by atoms with Crippen molar-refractivity contribution in [3.05, 3.63) is 89.4 Å². The molecule has 1 aromatic carbocycles. The Hall–Kier alpha value is -3.33. The summed E-state index contributed by atoms with van der Waals surface area (Å²) in [7, 11) is 0. The molecular weight excluding hydrogens is 529 g/mol. The van der Waals surface area contributed by atoms with Gasteiger partial charge in [0.1, 0.15) is 0 Å². The van der Waals surface area contributed by atoms with Gasteiger partial charge >= 0.3 is 6.18 Å². The van der Waals surface area contributed by atoms with Crippen molar-refractivity contribution in [1.82, 2.24) is 20.1 Å². The zero-order valence-electron chi connectivity index (χ0n) is 23.5. The van der Waals surface area contributed by atoms with Crippen molar-refractivity contribution in [3.8, 4) is 5.88 Å². The number of nitrogens with zero attached hydrogens (tertiary/aromatic N) is 3. The molecule has 0 aliphatic carbocycles. The number of halogens is 4. The van der Waals surface area contributed by atoms with E-state index in [9.17, 15) is 18.0 Å². The van der Waals surface area contributed by atoms with E-state index in [0.29, 0.717) is 17.6 Å². The molecule has 0 radical (unpaired) electrons. The zero-order valence-corrected chi connectivity index (χ0v) is 24.3. The van der Waals surface area contributed by atoms with Gasteiger partial charge in [-0.2, -0.15) is 18.3 Å². The summed E-state index contributed by atoms with van der Waals surface area (Å²) in [5.74, 6) is -0.520. The van der Waals surface area contributed by atoms with Crippen molar-refractivity contribution in [2.24, 2.45) is 0 Å². The third-order valence-corrected chi connectivity index (χ3v) is 5.59. The number of allylic oxidation sites excluding steroid dienone is 1. The Kier molecular flexibility index (Phi) is 13.2.